The van der Waals surface area contributed by atoms with Gasteiger partial charge in [0, 0.05) is 32.7 Å². The molecule has 0 aromatic carbocycles. The van der Waals surface area contributed by atoms with Crippen molar-refractivity contribution in [2.75, 3.05) is 20.1 Å². The summed E-state index contributed by atoms with van der Waals surface area (Å²) in [6.07, 6.45) is 7.09. The normalized spacial score (nSPS) is 22.6. The summed E-state index contributed by atoms with van der Waals surface area (Å²) in [5.74, 6) is 2.27. The second-order valence-electron chi connectivity index (χ2n) is 7.17. The van der Waals surface area contributed by atoms with Gasteiger partial charge in [-0.3, -0.25) is 0 Å². The lowest BCUT2D eigenvalue weighted by atomic mass is 9.98. The Bertz CT molecular complexity index is 549. The van der Waals surface area contributed by atoms with Crippen molar-refractivity contribution in [1.29, 1.82) is 0 Å². The number of urea groups is 1. The molecular formula is C17H29N5O. The molecule has 2 amide bonds. The van der Waals surface area contributed by atoms with Crippen LogP contribution in [0.2, 0.25) is 0 Å². The van der Waals surface area contributed by atoms with Crippen LogP contribution in [-0.2, 0) is 6.54 Å². The molecule has 1 saturated heterocycles. The third-order valence-electron chi connectivity index (χ3n) is 5.36. The van der Waals surface area contributed by atoms with E-state index in [0.29, 0.717) is 12.0 Å². The number of aromatic nitrogens is 3. The summed E-state index contributed by atoms with van der Waals surface area (Å²) in [7, 11) is 1.98. The molecule has 0 bridgehead atoms. The Morgan fingerprint density at radius 2 is 1.96 bits per heavy atom. The highest BCUT2D eigenvalue weighted by atomic mass is 16.2. The average molecular weight is 319 g/mol. The summed E-state index contributed by atoms with van der Waals surface area (Å²) >= 11 is 0. The van der Waals surface area contributed by atoms with E-state index in [1.54, 1.807) is 0 Å². The van der Waals surface area contributed by atoms with Crippen molar-refractivity contribution >= 4 is 6.03 Å². The van der Waals surface area contributed by atoms with E-state index >= 15 is 0 Å². The minimum atomic E-state index is 0.216. The van der Waals surface area contributed by atoms with Crippen molar-refractivity contribution in [2.24, 2.45) is 5.92 Å². The standard InChI is InChI=1S/C17H29N5O/c1-13-18-14(2)22(19-13)12-15-7-6-10-21(11-15)17(23)20(3)16-8-4-5-9-16/h15-16H,4-12H2,1-3H3. The van der Waals surface area contributed by atoms with E-state index in [1.165, 1.54) is 12.8 Å². The molecule has 1 aliphatic heterocycles. The highest BCUT2D eigenvalue weighted by Gasteiger charge is 2.30. The van der Waals surface area contributed by atoms with Crippen LogP contribution in [0.3, 0.4) is 0 Å². The van der Waals surface area contributed by atoms with Gasteiger partial charge in [0.2, 0.25) is 0 Å². The topological polar surface area (TPSA) is 54.3 Å². The molecule has 6 nitrogen and oxygen atoms in total. The van der Waals surface area contributed by atoms with Gasteiger partial charge in [-0.05, 0) is 45.4 Å². The fourth-order valence-electron chi connectivity index (χ4n) is 4.04. The van der Waals surface area contributed by atoms with E-state index < -0.39 is 0 Å². The summed E-state index contributed by atoms with van der Waals surface area (Å²) in [6.45, 7) is 6.52. The van der Waals surface area contributed by atoms with Gasteiger partial charge in [-0.15, -0.1) is 0 Å². The van der Waals surface area contributed by atoms with Crippen molar-refractivity contribution in [3.8, 4) is 0 Å². The lowest BCUT2D eigenvalue weighted by Crippen LogP contribution is -2.49. The van der Waals surface area contributed by atoms with Crippen LogP contribution in [0.1, 0.15) is 50.2 Å². The zero-order chi connectivity index (χ0) is 16.4. The molecule has 0 radical (unpaired) electrons. The first kappa shape index (κ1) is 16.3. The number of carbonyl (C=O) groups is 1. The largest absolute Gasteiger partial charge is 0.325 e. The lowest BCUT2D eigenvalue weighted by molar-refractivity contribution is 0.119. The third-order valence-corrected chi connectivity index (χ3v) is 5.36. The van der Waals surface area contributed by atoms with Gasteiger partial charge in [-0.2, -0.15) is 5.10 Å². The maximum Gasteiger partial charge on any atom is 0.319 e. The van der Waals surface area contributed by atoms with Crippen LogP contribution in [0.4, 0.5) is 4.79 Å². The Kier molecular flexibility index (Phi) is 4.87. The zero-order valence-electron chi connectivity index (χ0n) is 14.7. The number of hydrogen-bond donors (Lipinski definition) is 0. The van der Waals surface area contributed by atoms with E-state index in [4.69, 9.17) is 0 Å². The van der Waals surface area contributed by atoms with E-state index in [1.807, 2.05) is 35.4 Å². The summed E-state index contributed by atoms with van der Waals surface area (Å²) < 4.78 is 1.99. The van der Waals surface area contributed by atoms with Crippen molar-refractivity contribution < 1.29 is 4.79 Å². The van der Waals surface area contributed by atoms with Gasteiger partial charge in [-0.1, -0.05) is 12.8 Å². The van der Waals surface area contributed by atoms with E-state index in [-0.39, 0.29) is 6.03 Å². The molecule has 1 unspecified atom stereocenters. The van der Waals surface area contributed by atoms with Crippen molar-refractivity contribution in [2.45, 2.75) is 65.0 Å². The molecule has 128 valence electrons. The van der Waals surface area contributed by atoms with Crippen LogP contribution in [-0.4, -0.2) is 56.8 Å². The van der Waals surface area contributed by atoms with Crippen LogP contribution >= 0.6 is 0 Å². The Morgan fingerprint density at radius 3 is 2.61 bits per heavy atom. The summed E-state index contributed by atoms with van der Waals surface area (Å²) in [4.78, 5) is 21.2. The van der Waals surface area contributed by atoms with Gasteiger partial charge in [0.05, 0.1) is 0 Å². The van der Waals surface area contributed by atoms with Crippen molar-refractivity contribution in [3.63, 3.8) is 0 Å². The number of carbonyl (C=O) groups excluding carboxylic acids is 1. The Hall–Kier alpha value is -1.59. The Morgan fingerprint density at radius 1 is 1.22 bits per heavy atom. The molecule has 1 aromatic rings. The van der Waals surface area contributed by atoms with Crippen LogP contribution in [0, 0.1) is 19.8 Å². The van der Waals surface area contributed by atoms with Crippen molar-refractivity contribution in [3.05, 3.63) is 11.6 Å². The number of rotatable bonds is 3. The zero-order valence-corrected chi connectivity index (χ0v) is 14.7. The summed E-state index contributed by atoms with van der Waals surface area (Å²) in [5.41, 5.74) is 0. The van der Waals surface area contributed by atoms with Crippen LogP contribution in [0.5, 0.6) is 0 Å². The maximum atomic E-state index is 12.8. The average Bonchev–Trinajstić information content (AvgIpc) is 3.16. The smallest absolute Gasteiger partial charge is 0.319 e. The predicted molar refractivity (Wildman–Crippen MR) is 89.2 cm³/mol. The highest BCUT2D eigenvalue weighted by Crippen LogP contribution is 2.25. The number of aryl methyl sites for hydroxylation is 2. The first-order valence-corrected chi connectivity index (χ1v) is 8.94. The second-order valence-corrected chi connectivity index (χ2v) is 7.17. The second kappa shape index (κ2) is 6.89. The fraction of sp³-hybridized carbons (Fsp3) is 0.824. The quantitative estimate of drug-likeness (QED) is 0.860. The number of nitrogens with zero attached hydrogens (tertiary/aromatic N) is 5. The predicted octanol–water partition coefficient (Wildman–Crippen LogP) is 2.60. The van der Waals surface area contributed by atoms with Gasteiger partial charge in [0.1, 0.15) is 11.6 Å². The number of likely N-dealkylation sites (tertiary alicyclic amines) is 1. The first-order chi connectivity index (χ1) is 11.0. The van der Waals surface area contributed by atoms with Crippen LogP contribution < -0.4 is 0 Å². The molecule has 2 heterocycles. The molecule has 6 heteroatoms. The van der Waals surface area contributed by atoms with Gasteiger partial charge in [0.15, 0.2) is 0 Å². The highest BCUT2D eigenvalue weighted by molar-refractivity contribution is 5.74. The molecule has 1 aliphatic carbocycles. The van der Waals surface area contributed by atoms with E-state index in [9.17, 15) is 4.79 Å². The molecule has 3 rings (SSSR count). The molecule has 1 aromatic heterocycles. The molecule has 2 aliphatic rings. The lowest BCUT2D eigenvalue weighted by Gasteiger charge is -2.37. The van der Waals surface area contributed by atoms with Gasteiger partial charge < -0.3 is 9.80 Å². The minimum Gasteiger partial charge on any atom is -0.325 e. The molecular weight excluding hydrogens is 290 g/mol. The summed E-state index contributed by atoms with van der Waals surface area (Å²) in [5, 5.41) is 4.46. The van der Waals surface area contributed by atoms with Crippen LogP contribution in [0.15, 0.2) is 0 Å². The number of amides is 2. The third kappa shape index (κ3) is 3.67. The number of piperidine rings is 1. The molecule has 0 spiro atoms. The Labute approximate surface area is 138 Å². The molecule has 1 atom stereocenters. The van der Waals surface area contributed by atoms with Gasteiger partial charge in [-0.25, -0.2) is 14.5 Å². The molecule has 23 heavy (non-hydrogen) atoms. The van der Waals surface area contributed by atoms with Gasteiger partial charge >= 0.3 is 6.03 Å². The van der Waals surface area contributed by atoms with Crippen molar-refractivity contribution in [1.82, 2.24) is 24.6 Å². The van der Waals surface area contributed by atoms with E-state index in [2.05, 4.69) is 10.1 Å². The maximum absolute atomic E-state index is 12.8. The summed E-state index contributed by atoms with van der Waals surface area (Å²) in [6, 6.07) is 0.663. The molecule has 2 fully saturated rings. The first-order valence-electron chi connectivity index (χ1n) is 8.94. The minimum absolute atomic E-state index is 0.216. The number of hydrogen-bond acceptors (Lipinski definition) is 3. The Balaban J connectivity index is 1.59. The van der Waals surface area contributed by atoms with Gasteiger partial charge in [0.25, 0.3) is 0 Å². The fourth-order valence-corrected chi connectivity index (χ4v) is 4.04. The monoisotopic (exact) mass is 319 g/mol. The van der Waals surface area contributed by atoms with Crippen LogP contribution in [0.25, 0.3) is 0 Å². The van der Waals surface area contributed by atoms with E-state index in [0.717, 1.165) is 57.0 Å². The molecule has 1 saturated carbocycles. The molecule has 0 N–H and O–H groups in total. The SMILES string of the molecule is Cc1nc(C)n(CC2CCCN(C(=O)N(C)C3CCCC3)C2)n1.